The molecule has 1 aromatic rings. The molecule has 19 heavy (non-hydrogen) atoms. The molecule has 2 fully saturated rings. The smallest absolute Gasteiger partial charge is 0.250 e. The van der Waals surface area contributed by atoms with Crippen LogP contribution in [-0.4, -0.2) is 35.3 Å². The van der Waals surface area contributed by atoms with Crippen molar-refractivity contribution in [2.45, 2.75) is 38.8 Å². The van der Waals surface area contributed by atoms with Crippen molar-refractivity contribution in [3.8, 4) is 0 Å². The maximum Gasteiger partial charge on any atom is 0.250 e. The molecule has 100 valence electrons. The van der Waals surface area contributed by atoms with Gasteiger partial charge in [0.05, 0.1) is 0 Å². The maximum atomic E-state index is 12.6. The summed E-state index contributed by atoms with van der Waals surface area (Å²) in [5.41, 5.74) is 1.97. The number of benzene rings is 1. The molecule has 0 radical (unpaired) electrons. The molecule has 2 aliphatic rings. The van der Waals surface area contributed by atoms with Crippen molar-refractivity contribution in [3.63, 3.8) is 0 Å². The topological polar surface area (TPSA) is 40.6 Å². The Morgan fingerprint density at radius 2 is 1.79 bits per heavy atom. The molecule has 0 spiro atoms. The predicted molar refractivity (Wildman–Crippen MR) is 72.9 cm³/mol. The minimum Gasteiger partial charge on any atom is -0.329 e. The van der Waals surface area contributed by atoms with Crippen molar-refractivity contribution < 1.29 is 9.59 Å². The van der Waals surface area contributed by atoms with E-state index in [4.69, 9.17) is 0 Å². The highest BCUT2D eigenvalue weighted by atomic mass is 16.2. The Kier molecular flexibility index (Phi) is 2.81. The molecule has 4 heteroatoms. The molecule has 2 heterocycles. The fourth-order valence-electron chi connectivity index (χ4n) is 3.05. The number of carbonyl (C=O) groups excluding carboxylic acids is 2. The fourth-order valence-corrected chi connectivity index (χ4v) is 3.05. The summed E-state index contributed by atoms with van der Waals surface area (Å²) in [7, 11) is 0. The van der Waals surface area contributed by atoms with E-state index in [-0.39, 0.29) is 17.9 Å². The first-order chi connectivity index (χ1) is 9.09. The third-order valence-corrected chi connectivity index (χ3v) is 4.12. The molecule has 2 unspecified atom stereocenters. The highest BCUT2D eigenvalue weighted by Crippen LogP contribution is 2.30. The Hall–Kier alpha value is -1.84. The minimum atomic E-state index is -0.399. The summed E-state index contributed by atoms with van der Waals surface area (Å²) < 4.78 is 0. The van der Waals surface area contributed by atoms with Crippen LogP contribution in [0, 0.1) is 6.92 Å². The number of rotatable bonds is 1. The van der Waals surface area contributed by atoms with E-state index in [1.54, 1.807) is 9.80 Å². The van der Waals surface area contributed by atoms with Gasteiger partial charge >= 0.3 is 0 Å². The van der Waals surface area contributed by atoms with E-state index < -0.39 is 6.04 Å². The van der Waals surface area contributed by atoms with Crippen LogP contribution in [0.1, 0.15) is 25.3 Å². The van der Waals surface area contributed by atoms with Crippen LogP contribution in [0.5, 0.6) is 0 Å². The Morgan fingerprint density at radius 1 is 1.11 bits per heavy atom. The minimum absolute atomic E-state index is 0.0634. The second-order valence-electron chi connectivity index (χ2n) is 5.41. The number of amides is 2. The van der Waals surface area contributed by atoms with E-state index in [9.17, 15) is 9.59 Å². The van der Waals surface area contributed by atoms with Gasteiger partial charge in [-0.3, -0.25) is 14.5 Å². The summed E-state index contributed by atoms with van der Waals surface area (Å²) in [5, 5.41) is 0. The molecule has 3 rings (SSSR count). The molecular weight excluding hydrogens is 240 g/mol. The first-order valence-electron chi connectivity index (χ1n) is 6.80. The molecule has 4 nitrogen and oxygen atoms in total. The first kappa shape index (κ1) is 12.2. The van der Waals surface area contributed by atoms with Crippen LogP contribution < -0.4 is 4.90 Å². The summed E-state index contributed by atoms with van der Waals surface area (Å²) in [5.74, 6) is 0.135. The Bertz CT molecular complexity index is 523. The number of anilines is 1. The van der Waals surface area contributed by atoms with Crippen LogP contribution in [-0.2, 0) is 9.59 Å². The van der Waals surface area contributed by atoms with Crippen LogP contribution in [0.4, 0.5) is 5.69 Å². The van der Waals surface area contributed by atoms with Crippen LogP contribution in [0.15, 0.2) is 24.3 Å². The number of nitrogens with zero attached hydrogens (tertiary/aromatic N) is 2. The summed E-state index contributed by atoms with van der Waals surface area (Å²) in [6, 6.07) is 7.14. The first-order valence-corrected chi connectivity index (χ1v) is 6.80. The average Bonchev–Trinajstić information content (AvgIpc) is 2.88. The van der Waals surface area contributed by atoms with Gasteiger partial charge in [0.15, 0.2) is 0 Å². The van der Waals surface area contributed by atoms with Gasteiger partial charge in [0.2, 0.25) is 5.91 Å². The summed E-state index contributed by atoms with van der Waals surface area (Å²) in [6.07, 6.45) is 1.72. The lowest BCUT2D eigenvalue weighted by molar-refractivity contribution is -0.143. The van der Waals surface area contributed by atoms with Crippen LogP contribution in [0.2, 0.25) is 0 Å². The Morgan fingerprint density at radius 3 is 2.47 bits per heavy atom. The van der Waals surface area contributed by atoms with Crippen molar-refractivity contribution in [3.05, 3.63) is 29.8 Å². The Balaban J connectivity index is 1.98. The maximum absolute atomic E-state index is 12.6. The van der Waals surface area contributed by atoms with Gasteiger partial charge in [-0.05, 0) is 38.8 Å². The van der Waals surface area contributed by atoms with Crippen molar-refractivity contribution in [1.29, 1.82) is 0 Å². The van der Waals surface area contributed by atoms with Gasteiger partial charge in [-0.25, -0.2) is 0 Å². The SMILES string of the molecule is Cc1ccc(N2C(=O)C3CCCN3C(=O)C2C)cc1. The van der Waals surface area contributed by atoms with Gasteiger partial charge in [-0.15, -0.1) is 0 Å². The molecule has 2 saturated heterocycles. The van der Waals surface area contributed by atoms with E-state index in [0.29, 0.717) is 0 Å². The van der Waals surface area contributed by atoms with E-state index in [1.807, 2.05) is 38.1 Å². The van der Waals surface area contributed by atoms with E-state index in [2.05, 4.69) is 0 Å². The van der Waals surface area contributed by atoms with Gasteiger partial charge in [0.25, 0.3) is 5.91 Å². The quantitative estimate of drug-likeness (QED) is 0.769. The molecule has 0 bridgehead atoms. The van der Waals surface area contributed by atoms with Gasteiger partial charge in [0.1, 0.15) is 12.1 Å². The molecule has 0 saturated carbocycles. The molecular formula is C15H18N2O2. The number of hydrogen-bond donors (Lipinski definition) is 0. The van der Waals surface area contributed by atoms with Gasteiger partial charge in [-0.2, -0.15) is 0 Å². The number of aryl methyl sites for hydroxylation is 1. The Labute approximate surface area is 113 Å². The van der Waals surface area contributed by atoms with Gasteiger partial charge in [0, 0.05) is 12.2 Å². The highest BCUT2D eigenvalue weighted by Gasteiger charge is 2.46. The molecule has 2 amide bonds. The van der Waals surface area contributed by atoms with Crippen LogP contribution in [0.25, 0.3) is 0 Å². The zero-order chi connectivity index (χ0) is 13.6. The zero-order valence-corrected chi connectivity index (χ0v) is 11.3. The van der Waals surface area contributed by atoms with Gasteiger partial charge < -0.3 is 4.90 Å². The van der Waals surface area contributed by atoms with Crippen molar-refractivity contribution in [1.82, 2.24) is 4.90 Å². The second-order valence-corrected chi connectivity index (χ2v) is 5.41. The van der Waals surface area contributed by atoms with Crippen molar-refractivity contribution in [2.24, 2.45) is 0 Å². The van der Waals surface area contributed by atoms with Crippen LogP contribution >= 0.6 is 0 Å². The van der Waals surface area contributed by atoms with Crippen molar-refractivity contribution in [2.75, 3.05) is 11.4 Å². The lowest BCUT2D eigenvalue weighted by Crippen LogP contribution is -2.62. The number of fused-ring (bicyclic) bond motifs is 1. The largest absolute Gasteiger partial charge is 0.329 e. The molecule has 0 aliphatic carbocycles. The highest BCUT2D eigenvalue weighted by molar-refractivity contribution is 6.08. The lowest BCUT2D eigenvalue weighted by Gasteiger charge is -2.40. The number of hydrogen-bond acceptors (Lipinski definition) is 2. The van der Waals surface area contributed by atoms with Gasteiger partial charge in [-0.1, -0.05) is 17.7 Å². The third kappa shape index (κ3) is 1.82. The summed E-state index contributed by atoms with van der Waals surface area (Å²) in [6.45, 7) is 4.55. The number of piperazine rings is 1. The predicted octanol–water partition coefficient (Wildman–Crippen LogP) is 1.72. The summed E-state index contributed by atoms with van der Waals surface area (Å²) in [4.78, 5) is 28.3. The molecule has 0 aromatic heterocycles. The van der Waals surface area contributed by atoms with Crippen LogP contribution in [0.3, 0.4) is 0 Å². The monoisotopic (exact) mass is 258 g/mol. The average molecular weight is 258 g/mol. The molecule has 2 atom stereocenters. The molecule has 2 aliphatic heterocycles. The molecule has 1 aromatic carbocycles. The van der Waals surface area contributed by atoms with Crippen molar-refractivity contribution >= 4 is 17.5 Å². The second kappa shape index (κ2) is 4.37. The normalized spacial score (nSPS) is 26.8. The third-order valence-electron chi connectivity index (χ3n) is 4.12. The number of carbonyl (C=O) groups is 2. The summed E-state index contributed by atoms with van der Waals surface area (Å²) >= 11 is 0. The van der Waals surface area contributed by atoms with E-state index in [0.717, 1.165) is 30.6 Å². The molecule has 0 N–H and O–H groups in total. The lowest BCUT2D eigenvalue weighted by atomic mass is 10.0. The standard InChI is InChI=1S/C15H18N2O2/c1-10-5-7-12(8-6-10)17-11(2)14(18)16-9-3-4-13(16)15(17)19/h5-8,11,13H,3-4,9H2,1-2H3. The zero-order valence-electron chi connectivity index (χ0n) is 11.3. The van der Waals surface area contributed by atoms with E-state index >= 15 is 0 Å². The fraction of sp³-hybridized carbons (Fsp3) is 0.467. The van der Waals surface area contributed by atoms with E-state index in [1.165, 1.54) is 0 Å².